The normalized spacial score (nSPS) is 23.3. The van der Waals surface area contributed by atoms with Crippen molar-refractivity contribution in [3.8, 4) is 35.4 Å². The number of aromatic nitrogens is 3. The number of piperazine rings is 1. The summed E-state index contributed by atoms with van der Waals surface area (Å²) >= 11 is 0. The quantitative estimate of drug-likeness (QED) is 0.0749. The zero-order valence-electron chi connectivity index (χ0n) is 40.2. The van der Waals surface area contributed by atoms with Crippen LogP contribution in [0.2, 0.25) is 0 Å². The molecule has 3 aromatic carbocycles. The smallest absolute Gasteiger partial charge is 0.409 e. The third kappa shape index (κ3) is 8.46. The van der Waals surface area contributed by atoms with E-state index in [2.05, 4.69) is 48.2 Å². The molecule has 5 aromatic rings. The van der Waals surface area contributed by atoms with E-state index in [9.17, 15) is 33.9 Å². The predicted molar refractivity (Wildman–Crippen MR) is 264 cm³/mol. The highest BCUT2D eigenvalue weighted by molar-refractivity contribution is 6.26. The number of anilines is 2. The van der Waals surface area contributed by atoms with Gasteiger partial charge in [-0.25, -0.2) is 13.6 Å². The summed E-state index contributed by atoms with van der Waals surface area (Å²) in [5.41, 5.74) is 0.116. The van der Waals surface area contributed by atoms with Gasteiger partial charge < -0.3 is 35.0 Å². The zero-order valence-corrected chi connectivity index (χ0v) is 40.2. The van der Waals surface area contributed by atoms with Gasteiger partial charge in [0.05, 0.1) is 33.3 Å². The van der Waals surface area contributed by atoms with Crippen molar-refractivity contribution in [3.63, 3.8) is 0 Å². The van der Waals surface area contributed by atoms with Crippen molar-refractivity contribution in [1.29, 1.82) is 0 Å². The zero-order chi connectivity index (χ0) is 51.7. The summed E-state index contributed by atoms with van der Waals surface area (Å²) in [5, 5.41) is 20.1. The lowest BCUT2D eigenvalue weighted by molar-refractivity contribution is -0.136. The molecule has 11 rings (SSSR count). The molecule has 380 valence electrons. The molecule has 19 nitrogen and oxygen atoms in total. The number of phenols is 1. The Balaban J connectivity index is 0.768. The summed E-state index contributed by atoms with van der Waals surface area (Å²) in [7, 11) is 1.49. The molecule has 21 heteroatoms. The maximum Gasteiger partial charge on any atom is 0.409 e. The van der Waals surface area contributed by atoms with Crippen molar-refractivity contribution in [2.45, 2.75) is 81.1 Å². The van der Waals surface area contributed by atoms with Crippen LogP contribution in [0.25, 0.3) is 32.9 Å². The first-order valence-corrected chi connectivity index (χ1v) is 24.5. The van der Waals surface area contributed by atoms with Crippen LogP contribution >= 0.6 is 0 Å². The van der Waals surface area contributed by atoms with E-state index in [1.165, 1.54) is 60.6 Å². The number of piperidine rings is 1. The molecular weight excluding hydrogens is 959 g/mol. The van der Waals surface area contributed by atoms with Crippen LogP contribution in [0.15, 0.2) is 60.8 Å². The van der Waals surface area contributed by atoms with E-state index in [1.54, 1.807) is 0 Å². The van der Waals surface area contributed by atoms with E-state index >= 15 is 8.78 Å². The molecule has 6 aliphatic rings. The molecular formula is C53H50F2N10O9. The number of rotatable bonds is 12. The second kappa shape index (κ2) is 18.8. The number of imide groups is 2. The fourth-order valence-electron chi connectivity index (χ4n) is 11.7. The topological polar surface area (TPSA) is 229 Å². The van der Waals surface area contributed by atoms with Crippen LogP contribution in [-0.2, 0) is 19.1 Å². The Morgan fingerprint density at radius 3 is 2.61 bits per heavy atom. The lowest BCUT2D eigenvalue weighted by Gasteiger charge is -2.35. The molecule has 8 heterocycles. The second-order valence-electron chi connectivity index (χ2n) is 19.9. The molecule has 5 atom stereocenters. The summed E-state index contributed by atoms with van der Waals surface area (Å²) in [6.07, 6.45) is 10.2. The number of carbonyl (C=O) groups excluding carboxylic acids is 6. The Kier molecular flexibility index (Phi) is 12.2. The molecule has 0 saturated carbocycles. The maximum atomic E-state index is 17.2. The molecule has 0 spiro atoms. The van der Waals surface area contributed by atoms with Crippen LogP contribution in [0, 0.1) is 24.0 Å². The van der Waals surface area contributed by atoms with Crippen LogP contribution in [0.3, 0.4) is 0 Å². The first kappa shape index (κ1) is 48.2. The van der Waals surface area contributed by atoms with Crippen molar-refractivity contribution < 1.29 is 52.1 Å². The molecule has 6 amide bonds. The SMILES string of the molecule is C#Cc1c(F)ccc2cc(O)cc(-c3ncc4c(N5CC6CCC(C5)N6)nc(OC[C@@]56CCC(COC(=O)N(C)CCC(=O)Nc7cccc8c7C(=O)N(C7CCC(=O)NC7=O)C8=O)N5CC(=C)C6)nc4c3F)c12. The standard InChI is InChI=1S/C53H50F2N10O9/c1-4-33-37(54)11-8-28-18-32(66)19-35(42(28)33)45-44(55)46-36(21-56-45)47(63-23-29-9-10-30(24-63)57-29)61-51(60-46)74-26-53-16-14-31(64(53)22-27(2)20-53)25-73-52(72)62(3)17-15-41(68)58-38-7-5-6-34-43(38)50(71)65(49(34)70)39-12-13-40(67)59-48(39)69/h1,5-8,11,18-19,21,29-31,39,57,66H,2,9-10,12-17,20,22-26H2,3H3,(H,58,68)(H,59,67,69)/t29?,30?,31?,39?,53-/m0/s1. The van der Waals surface area contributed by atoms with Gasteiger partial charge in [0.1, 0.15) is 47.9 Å². The van der Waals surface area contributed by atoms with E-state index in [4.69, 9.17) is 20.9 Å². The van der Waals surface area contributed by atoms with Crippen molar-refractivity contribution in [3.05, 3.63) is 89.1 Å². The van der Waals surface area contributed by atoms with E-state index in [-0.39, 0.29) is 113 Å². The van der Waals surface area contributed by atoms with E-state index in [1.807, 2.05) is 0 Å². The largest absolute Gasteiger partial charge is 0.508 e. The molecule has 5 saturated heterocycles. The van der Waals surface area contributed by atoms with Gasteiger partial charge in [0.2, 0.25) is 17.7 Å². The Labute approximate surface area is 422 Å². The number of ether oxygens (including phenoxy) is 2. The molecule has 4 N–H and O–H groups in total. The Hall–Kier alpha value is -8.09. The number of nitrogens with zero attached hydrogens (tertiary/aromatic N) is 7. The average molecular weight is 1010 g/mol. The summed E-state index contributed by atoms with van der Waals surface area (Å²) in [6.45, 7) is 6.11. The maximum absolute atomic E-state index is 17.2. The predicted octanol–water partition coefficient (Wildman–Crippen LogP) is 4.79. The number of nitrogens with one attached hydrogen (secondary N) is 3. The lowest BCUT2D eigenvalue weighted by atomic mass is 9.94. The highest BCUT2D eigenvalue weighted by Crippen LogP contribution is 2.45. The summed E-state index contributed by atoms with van der Waals surface area (Å²) in [4.78, 5) is 98.0. The number of hydrogen-bond acceptors (Lipinski definition) is 15. The third-order valence-corrected chi connectivity index (χ3v) is 15.2. The first-order chi connectivity index (χ1) is 35.6. The number of benzene rings is 3. The summed E-state index contributed by atoms with van der Waals surface area (Å²) < 4.78 is 44.6. The van der Waals surface area contributed by atoms with Crippen LogP contribution in [-0.4, -0.2) is 147 Å². The Morgan fingerprint density at radius 1 is 1.04 bits per heavy atom. The van der Waals surface area contributed by atoms with Crippen molar-refractivity contribution in [2.24, 2.45) is 0 Å². The van der Waals surface area contributed by atoms with Gasteiger partial charge in [0, 0.05) is 81.3 Å². The fraction of sp³-hybridized carbons (Fsp3) is 0.377. The van der Waals surface area contributed by atoms with Gasteiger partial charge in [0.15, 0.2) is 5.82 Å². The molecule has 74 heavy (non-hydrogen) atoms. The van der Waals surface area contributed by atoms with Gasteiger partial charge >= 0.3 is 12.1 Å². The first-order valence-electron chi connectivity index (χ1n) is 24.5. The molecule has 0 aliphatic carbocycles. The minimum atomic E-state index is -1.17. The highest BCUT2D eigenvalue weighted by atomic mass is 19.1. The fourth-order valence-corrected chi connectivity index (χ4v) is 11.7. The molecule has 6 aliphatic heterocycles. The number of hydrogen-bond donors (Lipinski definition) is 4. The average Bonchev–Trinajstić information content (AvgIpc) is 4.08. The van der Waals surface area contributed by atoms with Gasteiger partial charge in [0.25, 0.3) is 11.8 Å². The molecule has 0 radical (unpaired) electrons. The van der Waals surface area contributed by atoms with Gasteiger partial charge in [-0.15, -0.1) is 6.42 Å². The number of carbonyl (C=O) groups is 6. The monoisotopic (exact) mass is 1010 g/mol. The number of aromatic hydroxyl groups is 1. The second-order valence-corrected chi connectivity index (χ2v) is 19.9. The van der Waals surface area contributed by atoms with Crippen LogP contribution in [0.1, 0.15) is 77.6 Å². The van der Waals surface area contributed by atoms with Crippen molar-refractivity contribution in [2.75, 3.05) is 56.7 Å². The minimum absolute atomic E-state index is 0.0134. The minimum Gasteiger partial charge on any atom is -0.508 e. The Bertz CT molecular complexity index is 3320. The van der Waals surface area contributed by atoms with Crippen molar-refractivity contribution >= 4 is 68.8 Å². The van der Waals surface area contributed by atoms with Gasteiger partial charge in [-0.05, 0) is 74.2 Å². The molecule has 5 fully saturated rings. The van der Waals surface area contributed by atoms with E-state index < -0.39 is 58.8 Å². The van der Waals surface area contributed by atoms with Gasteiger partial charge in [-0.3, -0.25) is 44.1 Å². The number of pyridine rings is 1. The van der Waals surface area contributed by atoms with Gasteiger partial charge in [-0.1, -0.05) is 30.2 Å². The number of halogens is 2. The molecule has 4 unspecified atom stereocenters. The van der Waals surface area contributed by atoms with E-state index in [0.717, 1.165) is 23.3 Å². The lowest BCUT2D eigenvalue weighted by Crippen LogP contribution is -2.54. The Morgan fingerprint density at radius 2 is 1.84 bits per heavy atom. The summed E-state index contributed by atoms with van der Waals surface area (Å²) in [5.74, 6) is -2.14. The van der Waals surface area contributed by atoms with Crippen molar-refractivity contribution in [1.82, 2.24) is 40.3 Å². The van der Waals surface area contributed by atoms with Crippen LogP contribution in [0.5, 0.6) is 11.8 Å². The van der Waals surface area contributed by atoms with E-state index in [0.29, 0.717) is 55.5 Å². The van der Waals surface area contributed by atoms with Gasteiger partial charge in [-0.2, -0.15) is 9.97 Å². The number of amides is 6. The third-order valence-electron chi connectivity index (χ3n) is 15.2. The molecule has 2 aromatic heterocycles. The summed E-state index contributed by atoms with van der Waals surface area (Å²) in [6, 6.07) is 8.73. The molecule has 2 bridgehead atoms. The number of phenolic OH excluding ortho intramolecular Hbond substituents is 1. The van der Waals surface area contributed by atoms with Crippen LogP contribution < -0.4 is 25.6 Å². The number of fused-ring (bicyclic) bond motifs is 6. The number of terminal acetylenes is 1. The highest BCUT2D eigenvalue weighted by Gasteiger charge is 2.52. The van der Waals surface area contributed by atoms with Crippen LogP contribution in [0.4, 0.5) is 25.1 Å².